The van der Waals surface area contributed by atoms with Crippen LogP contribution in [0.5, 0.6) is 0 Å². The van der Waals surface area contributed by atoms with Crippen molar-refractivity contribution in [3.05, 3.63) is 180 Å². The maximum absolute atomic E-state index is 6.24. The summed E-state index contributed by atoms with van der Waals surface area (Å²) in [6.07, 6.45) is 20.2. The standard InChI is InChI=1S/C48H46N8O2/c1-51-31-19-39(20-32-51)15-17-41-23-35-53(36-24-41)27-7-9-29-55-43-11-3-5-13-45(43)57-47(55)49-50-48-56(44-12-4-6-14-46(44)58-48)30-10-8-28-54-37-25-42(26-38-54)18-16-40-21-33-52(2)34-22-40/h3-6,11-14,19-26,31-38H,7-10,27-30H2,1-2H3/q+4/b49-47+,50-48+. The summed E-state index contributed by atoms with van der Waals surface area (Å²) in [7, 11) is 4.00. The van der Waals surface area contributed by atoms with Crippen molar-refractivity contribution in [2.75, 3.05) is 0 Å². The number of oxazole rings is 2. The number of aryl methyl sites for hydroxylation is 6. The number of hydrogen-bond acceptors (Lipinski definition) is 4. The van der Waals surface area contributed by atoms with E-state index in [1.54, 1.807) is 0 Å². The molecule has 0 fully saturated rings. The number of nitrogens with zero attached hydrogens (tertiary/aromatic N) is 8. The summed E-state index contributed by atoms with van der Waals surface area (Å²) in [4.78, 5) is 0. The van der Waals surface area contributed by atoms with E-state index >= 15 is 0 Å². The van der Waals surface area contributed by atoms with Crippen LogP contribution in [0.25, 0.3) is 22.2 Å². The van der Waals surface area contributed by atoms with Crippen molar-refractivity contribution in [2.24, 2.45) is 24.3 Å². The van der Waals surface area contributed by atoms with Gasteiger partial charge in [0.05, 0.1) is 11.0 Å². The van der Waals surface area contributed by atoms with Gasteiger partial charge in [0.1, 0.15) is 27.2 Å². The van der Waals surface area contributed by atoms with E-state index < -0.39 is 0 Å². The second-order valence-corrected chi connectivity index (χ2v) is 14.3. The predicted molar refractivity (Wildman–Crippen MR) is 218 cm³/mol. The fraction of sp³-hybridized carbons (Fsp3) is 0.208. The Morgan fingerprint density at radius 2 is 0.793 bits per heavy atom. The van der Waals surface area contributed by atoms with Crippen LogP contribution in [-0.2, 0) is 40.3 Å². The van der Waals surface area contributed by atoms with Crippen LogP contribution < -0.4 is 29.6 Å². The maximum Gasteiger partial charge on any atom is 0.321 e. The van der Waals surface area contributed by atoms with Gasteiger partial charge in [0.15, 0.2) is 60.7 Å². The number of pyridine rings is 4. The van der Waals surface area contributed by atoms with Crippen LogP contribution in [0.3, 0.4) is 0 Å². The van der Waals surface area contributed by atoms with Gasteiger partial charge in [-0.1, -0.05) is 58.2 Å². The van der Waals surface area contributed by atoms with Crippen molar-refractivity contribution in [1.82, 2.24) is 9.13 Å². The third kappa shape index (κ3) is 9.55. The number of benzene rings is 2. The highest BCUT2D eigenvalue weighted by Crippen LogP contribution is 2.14. The number of aromatic nitrogens is 6. The van der Waals surface area contributed by atoms with Crippen LogP contribution >= 0.6 is 0 Å². The number of rotatable bonds is 11. The van der Waals surface area contributed by atoms with Gasteiger partial charge in [-0.05, 0) is 37.1 Å². The summed E-state index contributed by atoms with van der Waals surface area (Å²) in [5.41, 5.74) is 8.38. The van der Waals surface area contributed by atoms with E-state index in [1.807, 2.05) is 109 Å². The van der Waals surface area contributed by atoms with E-state index in [4.69, 9.17) is 8.83 Å². The third-order valence-corrected chi connectivity index (χ3v) is 9.94. The normalized spacial score (nSPS) is 11.8. The second kappa shape index (κ2) is 18.1. The summed E-state index contributed by atoms with van der Waals surface area (Å²) in [6, 6.07) is 32.4. The van der Waals surface area contributed by atoms with Crippen molar-refractivity contribution in [3.63, 3.8) is 0 Å². The lowest BCUT2D eigenvalue weighted by molar-refractivity contribution is -0.697. The van der Waals surface area contributed by atoms with E-state index in [9.17, 15) is 0 Å². The molecular formula is C48H46N8O2+4. The quantitative estimate of drug-likeness (QED) is 0.0788. The van der Waals surface area contributed by atoms with Crippen molar-refractivity contribution in [1.29, 1.82) is 0 Å². The molecule has 0 radical (unpaired) electrons. The zero-order valence-corrected chi connectivity index (χ0v) is 32.9. The monoisotopic (exact) mass is 766 g/mol. The van der Waals surface area contributed by atoms with E-state index in [1.165, 1.54) is 0 Å². The molecule has 0 aliphatic carbocycles. The molecule has 0 unspecified atom stereocenters. The number of hydrogen-bond donors (Lipinski definition) is 0. The van der Waals surface area contributed by atoms with Gasteiger partial charge in [-0.3, -0.25) is 9.13 Å². The van der Waals surface area contributed by atoms with Gasteiger partial charge in [-0.2, -0.15) is 0 Å². The minimum absolute atomic E-state index is 0.443. The molecule has 0 spiro atoms. The van der Waals surface area contributed by atoms with Gasteiger partial charge in [-0.15, -0.1) is 0 Å². The summed E-state index contributed by atoms with van der Waals surface area (Å²) < 4.78 is 25.1. The molecule has 0 N–H and O–H groups in total. The molecule has 0 atom stereocenters. The zero-order chi connectivity index (χ0) is 39.5. The predicted octanol–water partition coefficient (Wildman–Crippen LogP) is 5.18. The lowest BCUT2D eigenvalue weighted by atomic mass is 10.2. The fourth-order valence-corrected chi connectivity index (χ4v) is 6.68. The van der Waals surface area contributed by atoms with Crippen LogP contribution in [0.4, 0.5) is 0 Å². The van der Waals surface area contributed by atoms with Gasteiger partial charge in [-0.25, -0.2) is 18.3 Å². The van der Waals surface area contributed by atoms with Gasteiger partial charge < -0.3 is 8.83 Å². The average molecular weight is 767 g/mol. The van der Waals surface area contributed by atoms with Crippen molar-refractivity contribution < 1.29 is 27.1 Å². The summed E-state index contributed by atoms with van der Waals surface area (Å²) in [5, 5.41) is 9.31. The molecule has 0 saturated carbocycles. The number of para-hydroxylation sites is 4. The molecule has 0 saturated heterocycles. The Morgan fingerprint density at radius 3 is 1.17 bits per heavy atom. The molecule has 58 heavy (non-hydrogen) atoms. The first-order chi connectivity index (χ1) is 28.5. The minimum atomic E-state index is 0.443. The SMILES string of the molecule is C[n+]1ccc(C#Cc2cc[n+](CCCCn3/c(=N\N=c4\oc5ccccc5n4CCCC[n+]4ccc(C#Cc5cc[n+](C)cc5)cc4)oc4ccccc43)cc2)cc1. The Morgan fingerprint density at radius 1 is 0.448 bits per heavy atom. The maximum atomic E-state index is 6.24. The molecule has 6 heterocycles. The summed E-state index contributed by atoms with van der Waals surface area (Å²) in [5.74, 6) is 13.0. The highest BCUT2D eigenvalue weighted by atomic mass is 16.4. The lowest BCUT2D eigenvalue weighted by Crippen LogP contribution is -2.32. The Bertz CT molecular complexity index is 2710. The molecule has 2 aromatic carbocycles. The van der Waals surface area contributed by atoms with Crippen molar-refractivity contribution >= 4 is 22.2 Å². The lowest BCUT2D eigenvalue weighted by Gasteiger charge is -2.03. The van der Waals surface area contributed by atoms with E-state index in [0.29, 0.717) is 11.4 Å². The fourth-order valence-electron chi connectivity index (χ4n) is 6.68. The topological polar surface area (TPSA) is 76.4 Å². The Hall–Kier alpha value is -7.30. The smallest absolute Gasteiger partial charge is 0.321 e. The van der Waals surface area contributed by atoms with E-state index in [2.05, 4.69) is 113 Å². The molecule has 0 aliphatic rings. The van der Waals surface area contributed by atoms with E-state index in [0.717, 1.165) is 96.3 Å². The third-order valence-electron chi connectivity index (χ3n) is 9.94. The zero-order valence-electron chi connectivity index (χ0n) is 32.9. The molecular weight excluding hydrogens is 721 g/mol. The second-order valence-electron chi connectivity index (χ2n) is 14.3. The average Bonchev–Trinajstić information content (AvgIpc) is 3.80. The molecule has 8 aromatic rings. The molecule has 0 bridgehead atoms. The molecule has 6 aromatic heterocycles. The molecule has 0 aliphatic heterocycles. The Balaban J connectivity index is 0.919. The number of fused-ring (bicyclic) bond motifs is 2. The number of unbranched alkanes of at least 4 members (excludes halogenated alkanes) is 2. The van der Waals surface area contributed by atoms with Gasteiger partial charge in [0, 0.05) is 96.7 Å². The molecule has 286 valence electrons. The van der Waals surface area contributed by atoms with Crippen molar-refractivity contribution in [2.45, 2.75) is 51.9 Å². The molecule has 10 heteroatoms. The van der Waals surface area contributed by atoms with Gasteiger partial charge in [0.2, 0.25) is 0 Å². The largest absolute Gasteiger partial charge is 0.422 e. The van der Waals surface area contributed by atoms with Crippen molar-refractivity contribution in [3.8, 4) is 23.7 Å². The van der Waals surface area contributed by atoms with Crippen LogP contribution in [-0.4, -0.2) is 9.13 Å². The highest BCUT2D eigenvalue weighted by molar-refractivity contribution is 5.73. The summed E-state index contributed by atoms with van der Waals surface area (Å²) in [6.45, 7) is 3.26. The first-order valence-electron chi connectivity index (χ1n) is 19.7. The molecule has 0 amide bonds. The molecule has 8 rings (SSSR count). The molecule has 10 nitrogen and oxygen atoms in total. The first-order valence-corrected chi connectivity index (χ1v) is 19.7. The highest BCUT2D eigenvalue weighted by Gasteiger charge is 2.11. The van der Waals surface area contributed by atoms with Crippen LogP contribution in [0, 0.1) is 23.7 Å². The first kappa shape index (κ1) is 37.6. The van der Waals surface area contributed by atoms with E-state index in [-0.39, 0.29) is 0 Å². The van der Waals surface area contributed by atoms with Gasteiger partial charge >= 0.3 is 11.4 Å². The van der Waals surface area contributed by atoms with Crippen LogP contribution in [0.1, 0.15) is 47.9 Å². The van der Waals surface area contributed by atoms with Gasteiger partial charge in [0.25, 0.3) is 0 Å². The van der Waals surface area contributed by atoms with Crippen LogP contribution in [0.15, 0.2) is 166 Å². The Labute approximate surface area is 337 Å². The summed E-state index contributed by atoms with van der Waals surface area (Å²) >= 11 is 0. The Kier molecular flexibility index (Phi) is 11.7. The van der Waals surface area contributed by atoms with Crippen LogP contribution in [0.2, 0.25) is 0 Å². The minimum Gasteiger partial charge on any atom is -0.422 e.